The molecule has 0 aliphatic carbocycles. The summed E-state index contributed by atoms with van der Waals surface area (Å²) < 4.78 is 0. The number of hydrogen-bond acceptors (Lipinski definition) is 2. The van der Waals surface area contributed by atoms with Crippen LogP contribution in [0.1, 0.15) is 16.7 Å². The number of amides is 1. The highest BCUT2D eigenvalue weighted by Gasteiger charge is 2.07. The first-order valence-corrected chi connectivity index (χ1v) is 7.65. The number of nitrogens with one attached hydrogen (secondary N) is 2. The van der Waals surface area contributed by atoms with Crippen molar-refractivity contribution in [3.05, 3.63) is 64.2 Å². The zero-order valence-corrected chi connectivity index (χ0v) is 14.0. The Morgan fingerprint density at radius 2 is 1.82 bits per heavy atom. The first-order valence-electron chi connectivity index (χ1n) is 6.86. The SMILES string of the molecule is Cc1ccc(C)c(NC(=S)NC(=O)Cc2ccc(Cl)cc2)c1. The van der Waals surface area contributed by atoms with Gasteiger partial charge in [-0.3, -0.25) is 4.79 Å². The van der Waals surface area contributed by atoms with Gasteiger partial charge in [0.2, 0.25) is 5.91 Å². The monoisotopic (exact) mass is 332 g/mol. The lowest BCUT2D eigenvalue weighted by Crippen LogP contribution is -2.35. The molecule has 5 heteroatoms. The van der Waals surface area contributed by atoms with Crippen LogP contribution in [0, 0.1) is 13.8 Å². The molecule has 0 aliphatic heterocycles. The molecule has 114 valence electrons. The summed E-state index contributed by atoms with van der Waals surface area (Å²) in [5, 5.41) is 6.69. The molecule has 1 amide bonds. The van der Waals surface area contributed by atoms with E-state index in [1.807, 2.05) is 44.2 Å². The van der Waals surface area contributed by atoms with Crippen LogP contribution in [0.25, 0.3) is 0 Å². The summed E-state index contributed by atoms with van der Waals surface area (Å²) in [4.78, 5) is 12.0. The number of carbonyl (C=O) groups is 1. The Morgan fingerprint density at radius 3 is 2.50 bits per heavy atom. The van der Waals surface area contributed by atoms with Crippen LogP contribution in [-0.2, 0) is 11.2 Å². The Bertz CT molecular complexity index is 698. The highest BCUT2D eigenvalue weighted by atomic mass is 35.5. The third kappa shape index (κ3) is 4.83. The number of carbonyl (C=O) groups excluding carboxylic acids is 1. The molecule has 2 N–H and O–H groups in total. The fourth-order valence-corrected chi connectivity index (χ4v) is 2.33. The second kappa shape index (κ2) is 7.38. The van der Waals surface area contributed by atoms with Crippen molar-refractivity contribution in [2.24, 2.45) is 0 Å². The van der Waals surface area contributed by atoms with E-state index in [0.717, 1.165) is 22.4 Å². The molecule has 2 aromatic rings. The van der Waals surface area contributed by atoms with Gasteiger partial charge in [-0.2, -0.15) is 0 Å². The Balaban J connectivity index is 1.92. The Morgan fingerprint density at radius 1 is 1.14 bits per heavy atom. The van der Waals surface area contributed by atoms with Crippen molar-refractivity contribution < 1.29 is 4.79 Å². The van der Waals surface area contributed by atoms with E-state index >= 15 is 0 Å². The van der Waals surface area contributed by atoms with E-state index in [1.54, 1.807) is 12.1 Å². The van der Waals surface area contributed by atoms with E-state index in [0.29, 0.717) is 10.1 Å². The number of anilines is 1. The molecule has 0 bridgehead atoms. The predicted molar refractivity (Wildman–Crippen MR) is 95.4 cm³/mol. The van der Waals surface area contributed by atoms with Gasteiger partial charge in [-0.05, 0) is 61.0 Å². The third-order valence-electron chi connectivity index (χ3n) is 3.17. The molecule has 0 heterocycles. The van der Waals surface area contributed by atoms with Crippen LogP contribution < -0.4 is 10.6 Å². The predicted octanol–water partition coefficient (Wildman–Crippen LogP) is 4.01. The third-order valence-corrected chi connectivity index (χ3v) is 3.63. The maximum atomic E-state index is 12.0. The zero-order chi connectivity index (χ0) is 16.1. The molecule has 0 atom stereocenters. The van der Waals surface area contributed by atoms with E-state index in [-0.39, 0.29) is 12.3 Å². The van der Waals surface area contributed by atoms with E-state index < -0.39 is 0 Å². The molecule has 0 saturated carbocycles. The molecule has 0 unspecified atom stereocenters. The average Bonchev–Trinajstić information content (AvgIpc) is 2.45. The minimum Gasteiger partial charge on any atom is -0.332 e. The van der Waals surface area contributed by atoms with Gasteiger partial charge in [0.15, 0.2) is 5.11 Å². The molecular weight excluding hydrogens is 316 g/mol. The van der Waals surface area contributed by atoms with Gasteiger partial charge < -0.3 is 10.6 Å². The Labute approximate surface area is 140 Å². The van der Waals surface area contributed by atoms with Gasteiger partial charge in [-0.1, -0.05) is 35.9 Å². The van der Waals surface area contributed by atoms with Crippen LogP contribution in [0.4, 0.5) is 5.69 Å². The quantitative estimate of drug-likeness (QED) is 0.834. The van der Waals surface area contributed by atoms with Crippen molar-refractivity contribution in [1.82, 2.24) is 5.32 Å². The van der Waals surface area contributed by atoms with E-state index in [4.69, 9.17) is 23.8 Å². The minimum atomic E-state index is -0.162. The number of aryl methyl sites for hydroxylation is 2. The molecule has 3 nitrogen and oxygen atoms in total. The molecule has 22 heavy (non-hydrogen) atoms. The van der Waals surface area contributed by atoms with Gasteiger partial charge in [0, 0.05) is 10.7 Å². The zero-order valence-electron chi connectivity index (χ0n) is 12.4. The number of halogens is 1. The number of thiocarbonyl (C=S) groups is 1. The summed E-state index contributed by atoms with van der Waals surface area (Å²) >= 11 is 11.0. The molecule has 2 rings (SSSR count). The van der Waals surface area contributed by atoms with Crippen molar-refractivity contribution in [2.45, 2.75) is 20.3 Å². The largest absolute Gasteiger partial charge is 0.332 e. The fourth-order valence-electron chi connectivity index (χ4n) is 1.98. The Hall–Kier alpha value is -1.91. The Kier molecular flexibility index (Phi) is 5.52. The molecule has 0 fully saturated rings. The van der Waals surface area contributed by atoms with Gasteiger partial charge in [-0.25, -0.2) is 0 Å². The topological polar surface area (TPSA) is 41.1 Å². The van der Waals surface area contributed by atoms with Crippen LogP contribution in [0.5, 0.6) is 0 Å². The fraction of sp³-hybridized carbons (Fsp3) is 0.176. The first-order chi connectivity index (χ1) is 10.4. The van der Waals surface area contributed by atoms with Gasteiger partial charge >= 0.3 is 0 Å². The minimum absolute atomic E-state index is 0.162. The van der Waals surface area contributed by atoms with Crippen molar-refractivity contribution >= 4 is 40.5 Å². The first kappa shape index (κ1) is 16.5. The maximum absolute atomic E-state index is 12.0. The van der Waals surface area contributed by atoms with Gasteiger partial charge in [-0.15, -0.1) is 0 Å². The molecule has 0 saturated heterocycles. The van der Waals surface area contributed by atoms with Crippen molar-refractivity contribution in [3.8, 4) is 0 Å². The lowest BCUT2D eigenvalue weighted by molar-refractivity contribution is -0.119. The highest BCUT2D eigenvalue weighted by Crippen LogP contribution is 2.16. The van der Waals surface area contributed by atoms with Gasteiger partial charge in [0.1, 0.15) is 0 Å². The molecule has 0 aliphatic rings. The molecule has 2 aromatic carbocycles. The van der Waals surface area contributed by atoms with E-state index in [2.05, 4.69) is 10.6 Å². The normalized spacial score (nSPS) is 10.1. The average molecular weight is 333 g/mol. The van der Waals surface area contributed by atoms with Crippen molar-refractivity contribution in [2.75, 3.05) is 5.32 Å². The van der Waals surface area contributed by atoms with Gasteiger partial charge in [0.25, 0.3) is 0 Å². The second-order valence-corrected chi connectivity index (χ2v) is 5.97. The summed E-state index contributed by atoms with van der Waals surface area (Å²) in [6, 6.07) is 13.2. The number of benzene rings is 2. The molecule has 0 radical (unpaired) electrons. The van der Waals surface area contributed by atoms with Crippen LogP contribution in [0.3, 0.4) is 0 Å². The smallest absolute Gasteiger partial charge is 0.230 e. The summed E-state index contributed by atoms with van der Waals surface area (Å²) in [5.74, 6) is -0.162. The number of hydrogen-bond donors (Lipinski definition) is 2. The van der Waals surface area contributed by atoms with E-state index in [9.17, 15) is 4.79 Å². The van der Waals surface area contributed by atoms with Crippen LogP contribution >= 0.6 is 23.8 Å². The summed E-state index contributed by atoms with van der Waals surface area (Å²) in [7, 11) is 0. The highest BCUT2D eigenvalue weighted by molar-refractivity contribution is 7.80. The standard InChI is InChI=1S/C17H17ClN2OS/c1-11-3-4-12(2)15(9-11)19-17(22)20-16(21)10-13-5-7-14(18)8-6-13/h3-9H,10H2,1-2H3,(H2,19,20,21,22). The van der Waals surface area contributed by atoms with Crippen LogP contribution in [-0.4, -0.2) is 11.0 Å². The lowest BCUT2D eigenvalue weighted by atomic mass is 10.1. The van der Waals surface area contributed by atoms with Crippen molar-refractivity contribution in [3.63, 3.8) is 0 Å². The summed E-state index contributed by atoms with van der Waals surface area (Å²) in [6.07, 6.45) is 0.256. The van der Waals surface area contributed by atoms with E-state index in [1.165, 1.54) is 0 Å². The van der Waals surface area contributed by atoms with Crippen LogP contribution in [0.15, 0.2) is 42.5 Å². The lowest BCUT2D eigenvalue weighted by Gasteiger charge is -2.12. The molecular formula is C17H17ClN2OS. The summed E-state index contributed by atoms with van der Waals surface area (Å²) in [6.45, 7) is 3.99. The molecule has 0 aromatic heterocycles. The van der Waals surface area contributed by atoms with Crippen molar-refractivity contribution in [1.29, 1.82) is 0 Å². The summed E-state index contributed by atoms with van der Waals surface area (Å²) in [5.41, 5.74) is 3.98. The molecule has 0 spiro atoms. The number of rotatable bonds is 3. The van der Waals surface area contributed by atoms with Gasteiger partial charge in [0.05, 0.1) is 6.42 Å². The second-order valence-electron chi connectivity index (χ2n) is 5.12. The maximum Gasteiger partial charge on any atom is 0.230 e. The van der Waals surface area contributed by atoms with Crippen LogP contribution in [0.2, 0.25) is 5.02 Å².